The van der Waals surface area contributed by atoms with Gasteiger partial charge in [-0.05, 0) is 31.7 Å². The van der Waals surface area contributed by atoms with Crippen LogP contribution in [-0.4, -0.2) is 81.5 Å². The highest BCUT2D eigenvalue weighted by Crippen LogP contribution is 2.13. The first-order chi connectivity index (χ1) is 17.4. The summed E-state index contributed by atoms with van der Waals surface area (Å²) in [7, 11) is -3.35. The SMILES string of the molecule is CCC(C)[C@@H](CO[C@@H](Cc1ccccc1)C(=O)N[C@@H](CCS(C)(=O)=O)C(=O)OC(C)C)NC[C@@H](N)CS.[Cl-].[Cl-]. The number of carbonyl (C=O) groups excluding carboxylic acids is 2. The summed E-state index contributed by atoms with van der Waals surface area (Å²) in [6, 6.07) is 8.17. The molecule has 9 nitrogen and oxygen atoms in total. The smallest absolute Gasteiger partial charge is 0.328 e. The average Bonchev–Trinajstić information content (AvgIpc) is 2.84. The maximum absolute atomic E-state index is 13.4. The Morgan fingerprint density at radius 3 is 2.23 bits per heavy atom. The molecule has 0 saturated carbocycles. The van der Waals surface area contributed by atoms with Gasteiger partial charge in [-0.25, -0.2) is 13.2 Å². The van der Waals surface area contributed by atoms with Gasteiger partial charge in [0.25, 0.3) is 0 Å². The molecule has 1 rings (SSSR count). The number of hydrogen-bond donors (Lipinski definition) is 4. The van der Waals surface area contributed by atoms with Gasteiger partial charge in [-0.2, -0.15) is 12.6 Å². The maximum Gasteiger partial charge on any atom is 0.328 e. The van der Waals surface area contributed by atoms with E-state index in [0.717, 1.165) is 18.2 Å². The number of halogens is 2. The second-order valence-electron chi connectivity index (χ2n) is 9.82. The molecule has 0 aliphatic heterocycles. The molecule has 228 valence electrons. The van der Waals surface area contributed by atoms with Gasteiger partial charge in [0.15, 0.2) is 0 Å². The van der Waals surface area contributed by atoms with E-state index >= 15 is 0 Å². The number of nitrogens with one attached hydrogen (secondary N) is 2. The molecule has 0 saturated heterocycles. The molecule has 0 aromatic heterocycles. The van der Waals surface area contributed by atoms with Gasteiger partial charge in [0.1, 0.15) is 22.0 Å². The number of sulfone groups is 1. The van der Waals surface area contributed by atoms with E-state index in [2.05, 4.69) is 37.1 Å². The van der Waals surface area contributed by atoms with Crippen molar-refractivity contribution >= 4 is 34.3 Å². The van der Waals surface area contributed by atoms with Crippen LogP contribution in [-0.2, 0) is 35.3 Å². The zero-order valence-corrected chi connectivity index (χ0v) is 26.7. The Hall–Kier alpha value is -1.08. The van der Waals surface area contributed by atoms with Gasteiger partial charge in [0, 0.05) is 37.1 Å². The summed E-state index contributed by atoms with van der Waals surface area (Å²) < 4.78 is 34.9. The summed E-state index contributed by atoms with van der Waals surface area (Å²) in [4.78, 5) is 26.1. The van der Waals surface area contributed by atoms with E-state index in [4.69, 9.17) is 15.2 Å². The molecule has 0 radical (unpaired) electrons. The second kappa shape index (κ2) is 20.7. The lowest BCUT2D eigenvalue weighted by molar-refractivity contribution is -0.153. The number of rotatable bonds is 18. The number of carbonyl (C=O) groups is 2. The fourth-order valence-corrected chi connectivity index (χ4v) is 4.30. The van der Waals surface area contributed by atoms with Crippen molar-refractivity contribution < 1.29 is 52.3 Å². The van der Waals surface area contributed by atoms with Gasteiger partial charge in [-0.3, -0.25) is 4.79 Å². The van der Waals surface area contributed by atoms with Crippen LogP contribution in [0.2, 0.25) is 0 Å². The lowest BCUT2D eigenvalue weighted by Gasteiger charge is -2.28. The maximum atomic E-state index is 13.4. The Bertz CT molecular complexity index is 926. The Kier molecular flexibility index (Phi) is 21.3. The summed E-state index contributed by atoms with van der Waals surface area (Å²) in [5.74, 6) is -0.637. The lowest BCUT2D eigenvalue weighted by atomic mass is 9.99. The summed E-state index contributed by atoms with van der Waals surface area (Å²) in [5.41, 5.74) is 6.91. The average molecular weight is 631 g/mol. The number of nitrogens with two attached hydrogens (primary N) is 1. The van der Waals surface area contributed by atoms with Crippen LogP contribution in [0.25, 0.3) is 0 Å². The minimum absolute atomic E-state index is 0. The molecular weight excluding hydrogens is 585 g/mol. The van der Waals surface area contributed by atoms with Gasteiger partial charge >= 0.3 is 5.97 Å². The van der Waals surface area contributed by atoms with Crippen molar-refractivity contribution in [2.24, 2.45) is 11.7 Å². The van der Waals surface area contributed by atoms with Gasteiger partial charge in [-0.1, -0.05) is 50.6 Å². The number of hydrogen-bond acceptors (Lipinski definition) is 9. The van der Waals surface area contributed by atoms with E-state index < -0.39 is 40.0 Å². The predicted octanol–water partition coefficient (Wildman–Crippen LogP) is -4.25. The Morgan fingerprint density at radius 2 is 1.72 bits per heavy atom. The topological polar surface area (TPSA) is 137 Å². The minimum Gasteiger partial charge on any atom is -1.00 e. The molecule has 0 aliphatic carbocycles. The molecule has 0 bridgehead atoms. The quantitative estimate of drug-likeness (QED) is 0.0947. The summed E-state index contributed by atoms with van der Waals surface area (Å²) in [6.45, 7) is 8.38. The number of thiol groups is 1. The van der Waals surface area contributed by atoms with Crippen LogP contribution in [0, 0.1) is 5.92 Å². The Balaban J connectivity index is 0. The summed E-state index contributed by atoms with van der Waals surface area (Å²) in [5, 5.41) is 6.11. The molecule has 1 aromatic rings. The standard InChI is InChI=1S/C26H45N3O6S2.2ClH/c1-6-19(4)23(28-15-21(27)17-36)16-34-24(14-20-10-8-7-9-11-20)25(30)29-22(12-13-37(5,32)33)26(31)35-18(2)3;;/h7-11,18-19,21-24,28,36H,6,12-17,27H2,1-5H3,(H,29,30);2*1H/p-2/t19?,21-,22+,23-,24+;;/m1../s1. The van der Waals surface area contributed by atoms with Gasteiger partial charge in [0.2, 0.25) is 5.91 Å². The van der Waals surface area contributed by atoms with Crippen LogP contribution >= 0.6 is 12.6 Å². The van der Waals surface area contributed by atoms with Crippen molar-refractivity contribution in [1.82, 2.24) is 10.6 Å². The van der Waals surface area contributed by atoms with Gasteiger partial charge in [-0.15, -0.1) is 0 Å². The van der Waals surface area contributed by atoms with E-state index in [1.165, 1.54) is 0 Å². The summed E-state index contributed by atoms with van der Waals surface area (Å²) >= 11 is 4.24. The van der Waals surface area contributed by atoms with Crippen molar-refractivity contribution in [3.05, 3.63) is 35.9 Å². The zero-order chi connectivity index (χ0) is 28.0. The van der Waals surface area contributed by atoms with Crippen LogP contribution in [0.3, 0.4) is 0 Å². The van der Waals surface area contributed by atoms with Crippen molar-refractivity contribution in [1.29, 1.82) is 0 Å². The third kappa shape index (κ3) is 17.4. The lowest BCUT2D eigenvalue weighted by Crippen LogP contribution is -3.00. The van der Waals surface area contributed by atoms with Crippen molar-refractivity contribution in [2.75, 3.05) is 30.9 Å². The van der Waals surface area contributed by atoms with Crippen LogP contribution < -0.4 is 41.2 Å². The molecule has 1 unspecified atom stereocenters. The normalized spacial score (nSPS) is 15.2. The number of amides is 1. The first-order valence-corrected chi connectivity index (χ1v) is 15.5. The van der Waals surface area contributed by atoms with E-state index in [1.807, 2.05) is 30.3 Å². The third-order valence-corrected chi connectivity index (χ3v) is 7.42. The monoisotopic (exact) mass is 629 g/mol. The predicted molar refractivity (Wildman–Crippen MR) is 150 cm³/mol. The highest BCUT2D eigenvalue weighted by Gasteiger charge is 2.30. The molecule has 0 heterocycles. The molecule has 1 aromatic carbocycles. The molecule has 13 heteroatoms. The van der Waals surface area contributed by atoms with Gasteiger partial charge < -0.3 is 50.7 Å². The first kappa shape index (κ1) is 40.1. The van der Waals surface area contributed by atoms with Crippen LogP contribution in [0.1, 0.15) is 46.1 Å². The third-order valence-electron chi connectivity index (χ3n) is 5.97. The Labute approximate surface area is 252 Å². The van der Waals surface area contributed by atoms with Crippen molar-refractivity contribution in [2.45, 2.75) is 77.3 Å². The molecule has 0 aliphatic rings. The fourth-order valence-electron chi connectivity index (χ4n) is 3.51. The molecule has 5 atom stereocenters. The fraction of sp³-hybridized carbons (Fsp3) is 0.692. The zero-order valence-electron chi connectivity index (χ0n) is 23.4. The van der Waals surface area contributed by atoms with Crippen LogP contribution in [0.15, 0.2) is 30.3 Å². The van der Waals surface area contributed by atoms with E-state index in [9.17, 15) is 18.0 Å². The Morgan fingerprint density at radius 1 is 1.10 bits per heavy atom. The van der Waals surface area contributed by atoms with E-state index in [0.29, 0.717) is 12.3 Å². The largest absolute Gasteiger partial charge is 1.00 e. The molecule has 1 amide bonds. The van der Waals surface area contributed by atoms with E-state index in [-0.39, 0.29) is 68.0 Å². The second-order valence-corrected chi connectivity index (χ2v) is 12.4. The minimum atomic E-state index is -3.35. The number of benzene rings is 1. The number of esters is 1. The highest BCUT2D eigenvalue weighted by molar-refractivity contribution is 7.90. The molecular formula is C26H45Cl2N3O6S2-2. The van der Waals surface area contributed by atoms with Crippen molar-refractivity contribution in [3.8, 4) is 0 Å². The van der Waals surface area contributed by atoms with Crippen molar-refractivity contribution in [3.63, 3.8) is 0 Å². The molecule has 0 fully saturated rings. The molecule has 4 N–H and O–H groups in total. The molecule has 0 spiro atoms. The first-order valence-electron chi connectivity index (χ1n) is 12.8. The molecule has 39 heavy (non-hydrogen) atoms. The number of ether oxygens (including phenoxy) is 2. The summed E-state index contributed by atoms with van der Waals surface area (Å²) in [6.07, 6.45) is 0.875. The van der Waals surface area contributed by atoms with Crippen LogP contribution in [0.5, 0.6) is 0 Å². The van der Waals surface area contributed by atoms with E-state index in [1.54, 1.807) is 13.8 Å². The van der Waals surface area contributed by atoms with Crippen LogP contribution in [0.4, 0.5) is 0 Å². The highest BCUT2D eigenvalue weighted by atomic mass is 35.5. The van der Waals surface area contributed by atoms with Gasteiger partial charge in [0.05, 0.1) is 18.5 Å².